The van der Waals surface area contributed by atoms with Crippen molar-refractivity contribution in [3.05, 3.63) is 35.9 Å². The van der Waals surface area contributed by atoms with Gasteiger partial charge in [-0.25, -0.2) is 0 Å². The van der Waals surface area contributed by atoms with E-state index in [0.717, 1.165) is 12.0 Å². The predicted molar refractivity (Wildman–Crippen MR) is 75.1 cm³/mol. The molecule has 0 unspecified atom stereocenters. The number of likely N-dealkylation sites (tertiary alicyclic amines) is 1. The molecule has 0 aliphatic carbocycles. The first-order valence-corrected chi connectivity index (χ1v) is 6.89. The molecule has 108 valence electrons. The number of hydrogen-bond acceptors (Lipinski definition) is 3. The van der Waals surface area contributed by atoms with E-state index in [1.54, 1.807) is 4.90 Å². The second-order valence-electron chi connectivity index (χ2n) is 5.26. The number of aliphatic carboxylic acids is 1. The highest BCUT2D eigenvalue weighted by Gasteiger charge is 2.30. The minimum absolute atomic E-state index is 0.153. The summed E-state index contributed by atoms with van der Waals surface area (Å²) >= 11 is 0. The maximum absolute atomic E-state index is 12.3. The highest BCUT2D eigenvalue weighted by atomic mass is 16.4. The van der Waals surface area contributed by atoms with E-state index >= 15 is 0 Å². The third-order valence-electron chi connectivity index (χ3n) is 3.70. The molecule has 2 atom stereocenters. The van der Waals surface area contributed by atoms with Gasteiger partial charge in [-0.05, 0) is 24.8 Å². The molecule has 1 amide bonds. The van der Waals surface area contributed by atoms with E-state index in [1.807, 2.05) is 30.3 Å². The van der Waals surface area contributed by atoms with Crippen molar-refractivity contribution in [3.63, 3.8) is 0 Å². The van der Waals surface area contributed by atoms with Crippen LogP contribution in [0, 0.1) is 5.92 Å². The topological polar surface area (TPSA) is 83.6 Å². The fourth-order valence-corrected chi connectivity index (χ4v) is 2.57. The van der Waals surface area contributed by atoms with E-state index in [2.05, 4.69) is 0 Å². The zero-order valence-electron chi connectivity index (χ0n) is 11.4. The number of amides is 1. The smallest absolute Gasteiger partial charge is 0.308 e. The van der Waals surface area contributed by atoms with Crippen molar-refractivity contribution in [1.82, 2.24) is 4.90 Å². The normalized spacial score (nSPS) is 20.4. The van der Waals surface area contributed by atoms with Crippen LogP contribution in [0.1, 0.15) is 18.4 Å². The Morgan fingerprint density at radius 2 is 2.05 bits per heavy atom. The summed E-state index contributed by atoms with van der Waals surface area (Å²) < 4.78 is 0. The third-order valence-corrected chi connectivity index (χ3v) is 3.70. The molecule has 1 aliphatic rings. The van der Waals surface area contributed by atoms with E-state index in [1.165, 1.54) is 0 Å². The number of hydrogen-bond donors (Lipinski definition) is 2. The number of carbonyl (C=O) groups excluding carboxylic acids is 1. The third kappa shape index (κ3) is 3.57. The molecule has 0 saturated carbocycles. The Kier molecular flexibility index (Phi) is 4.74. The number of carboxylic acid groups (broad SMARTS) is 1. The zero-order valence-corrected chi connectivity index (χ0v) is 11.4. The molecule has 1 aromatic rings. The van der Waals surface area contributed by atoms with Crippen LogP contribution in [0.5, 0.6) is 0 Å². The summed E-state index contributed by atoms with van der Waals surface area (Å²) in [6.07, 6.45) is 1.84. The summed E-state index contributed by atoms with van der Waals surface area (Å²) in [5.41, 5.74) is 6.98. The quantitative estimate of drug-likeness (QED) is 0.855. The van der Waals surface area contributed by atoms with Gasteiger partial charge in [0, 0.05) is 13.1 Å². The average Bonchev–Trinajstić information content (AvgIpc) is 2.47. The Hall–Kier alpha value is -1.88. The molecule has 20 heavy (non-hydrogen) atoms. The highest BCUT2D eigenvalue weighted by molar-refractivity contribution is 5.83. The van der Waals surface area contributed by atoms with E-state index in [9.17, 15) is 9.59 Å². The van der Waals surface area contributed by atoms with Gasteiger partial charge in [0.2, 0.25) is 5.91 Å². The lowest BCUT2D eigenvalue weighted by atomic mass is 9.97. The van der Waals surface area contributed by atoms with Crippen LogP contribution in [-0.2, 0) is 16.0 Å². The SMILES string of the molecule is N[C@H](Cc1ccccc1)C(=O)N1CCC[C@@H](C(=O)O)C1. The second-order valence-corrected chi connectivity index (χ2v) is 5.26. The molecule has 5 nitrogen and oxygen atoms in total. The van der Waals surface area contributed by atoms with Gasteiger partial charge < -0.3 is 15.7 Å². The van der Waals surface area contributed by atoms with E-state index in [-0.39, 0.29) is 12.5 Å². The highest BCUT2D eigenvalue weighted by Crippen LogP contribution is 2.17. The van der Waals surface area contributed by atoms with E-state index < -0.39 is 17.9 Å². The molecule has 0 spiro atoms. The van der Waals surface area contributed by atoms with Crippen LogP contribution in [0.15, 0.2) is 30.3 Å². The lowest BCUT2D eigenvalue weighted by Gasteiger charge is -2.32. The largest absolute Gasteiger partial charge is 0.481 e. The Morgan fingerprint density at radius 3 is 2.70 bits per heavy atom. The Labute approximate surface area is 118 Å². The van der Waals surface area contributed by atoms with Gasteiger partial charge in [-0.15, -0.1) is 0 Å². The number of nitrogens with two attached hydrogens (primary N) is 1. The van der Waals surface area contributed by atoms with Gasteiger partial charge in [-0.3, -0.25) is 9.59 Å². The Morgan fingerprint density at radius 1 is 1.35 bits per heavy atom. The number of carbonyl (C=O) groups is 2. The lowest BCUT2D eigenvalue weighted by molar-refractivity contribution is -0.146. The summed E-state index contributed by atoms with van der Waals surface area (Å²) in [6.45, 7) is 0.877. The van der Waals surface area contributed by atoms with E-state index in [4.69, 9.17) is 10.8 Å². The van der Waals surface area contributed by atoms with Crippen LogP contribution in [0.25, 0.3) is 0 Å². The first kappa shape index (κ1) is 14.5. The first-order valence-electron chi connectivity index (χ1n) is 6.89. The predicted octanol–water partition coefficient (Wildman–Crippen LogP) is 0.880. The summed E-state index contributed by atoms with van der Waals surface area (Å²) in [6, 6.07) is 9.00. The molecule has 0 bridgehead atoms. The molecular formula is C15H20N2O3. The van der Waals surface area contributed by atoms with Crippen molar-refractivity contribution in [2.45, 2.75) is 25.3 Å². The molecular weight excluding hydrogens is 256 g/mol. The fourth-order valence-electron chi connectivity index (χ4n) is 2.57. The molecule has 3 N–H and O–H groups in total. The zero-order chi connectivity index (χ0) is 14.5. The summed E-state index contributed by atoms with van der Waals surface area (Å²) in [5, 5.41) is 9.04. The number of piperidine rings is 1. The van der Waals surface area contributed by atoms with Gasteiger partial charge in [-0.2, -0.15) is 0 Å². The number of carboxylic acids is 1. The summed E-state index contributed by atoms with van der Waals surface area (Å²) in [5.74, 6) is -1.45. The van der Waals surface area contributed by atoms with Crippen molar-refractivity contribution in [3.8, 4) is 0 Å². The van der Waals surface area contributed by atoms with E-state index in [0.29, 0.717) is 19.4 Å². The standard InChI is InChI=1S/C15H20N2O3/c16-13(9-11-5-2-1-3-6-11)14(18)17-8-4-7-12(10-17)15(19)20/h1-3,5-6,12-13H,4,7-10,16H2,(H,19,20)/t12-,13-/m1/s1. The van der Waals surface area contributed by atoms with Gasteiger partial charge in [0.25, 0.3) is 0 Å². The van der Waals surface area contributed by atoms with Gasteiger partial charge in [0.05, 0.1) is 12.0 Å². The molecule has 1 aromatic carbocycles. The Bertz CT molecular complexity index is 475. The van der Waals surface area contributed by atoms with Crippen LogP contribution >= 0.6 is 0 Å². The Balaban J connectivity index is 1.94. The monoisotopic (exact) mass is 276 g/mol. The minimum atomic E-state index is -0.834. The van der Waals surface area contributed by atoms with Crippen molar-refractivity contribution >= 4 is 11.9 Å². The lowest BCUT2D eigenvalue weighted by Crippen LogP contribution is -2.49. The van der Waals surface area contributed by atoms with Crippen LogP contribution < -0.4 is 5.73 Å². The maximum atomic E-state index is 12.3. The number of nitrogens with zero attached hydrogens (tertiary/aromatic N) is 1. The van der Waals surface area contributed by atoms with Crippen molar-refractivity contribution in [2.75, 3.05) is 13.1 Å². The van der Waals surface area contributed by atoms with Gasteiger partial charge in [0.15, 0.2) is 0 Å². The van der Waals surface area contributed by atoms with Gasteiger partial charge in [0.1, 0.15) is 0 Å². The van der Waals surface area contributed by atoms with Gasteiger partial charge >= 0.3 is 5.97 Å². The second kappa shape index (κ2) is 6.52. The van der Waals surface area contributed by atoms with Crippen molar-refractivity contribution in [2.24, 2.45) is 11.7 Å². The first-order chi connectivity index (χ1) is 9.58. The number of rotatable bonds is 4. The molecule has 1 aliphatic heterocycles. The molecule has 2 rings (SSSR count). The fraction of sp³-hybridized carbons (Fsp3) is 0.467. The molecule has 0 radical (unpaired) electrons. The average molecular weight is 276 g/mol. The number of benzene rings is 1. The molecule has 1 saturated heterocycles. The maximum Gasteiger partial charge on any atom is 0.308 e. The molecule has 5 heteroatoms. The molecule has 1 heterocycles. The summed E-state index contributed by atoms with van der Waals surface area (Å²) in [7, 11) is 0. The summed E-state index contributed by atoms with van der Waals surface area (Å²) in [4.78, 5) is 24.9. The van der Waals surface area contributed by atoms with Crippen LogP contribution in [-0.4, -0.2) is 41.0 Å². The van der Waals surface area contributed by atoms with Crippen molar-refractivity contribution < 1.29 is 14.7 Å². The molecule has 0 aromatic heterocycles. The van der Waals surface area contributed by atoms with Crippen LogP contribution in [0.2, 0.25) is 0 Å². The van der Waals surface area contributed by atoms with Gasteiger partial charge in [-0.1, -0.05) is 30.3 Å². The minimum Gasteiger partial charge on any atom is -0.481 e. The van der Waals surface area contributed by atoms with Crippen LogP contribution in [0.3, 0.4) is 0 Å². The molecule has 1 fully saturated rings. The van der Waals surface area contributed by atoms with Crippen molar-refractivity contribution in [1.29, 1.82) is 0 Å². The van der Waals surface area contributed by atoms with Crippen LogP contribution in [0.4, 0.5) is 0 Å².